The Balaban J connectivity index is 2.09. The molecule has 0 saturated heterocycles. The van der Waals surface area contributed by atoms with Gasteiger partial charge in [0.1, 0.15) is 5.82 Å². The first-order valence-corrected chi connectivity index (χ1v) is 5.83. The van der Waals surface area contributed by atoms with Crippen molar-refractivity contribution in [2.24, 2.45) is 0 Å². The Morgan fingerprint density at radius 3 is 2.81 bits per heavy atom. The van der Waals surface area contributed by atoms with Gasteiger partial charge in [-0.2, -0.15) is 5.10 Å². The van der Waals surface area contributed by atoms with E-state index in [-0.39, 0.29) is 11.6 Å². The van der Waals surface area contributed by atoms with E-state index in [2.05, 4.69) is 24.9 Å². The Morgan fingerprint density at radius 2 is 2.25 bits per heavy atom. The lowest BCUT2D eigenvalue weighted by molar-refractivity contribution is 0.578. The van der Waals surface area contributed by atoms with Crippen LogP contribution in [0.2, 0.25) is 0 Å². The summed E-state index contributed by atoms with van der Waals surface area (Å²) in [5.41, 5.74) is 6.10. The number of nitrogens with zero attached hydrogens (tertiary/aromatic N) is 2. The van der Waals surface area contributed by atoms with E-state index in [1.165, 1.54) is 18.7 Å². The first-order valence-electron chi connectivity index (χ1n) is 4.35. The van der Waals surface area contributed by atoms with Crippen LogP contribution in [0.15, 0.2) is 23.7 Å². The summed E-state index contributed by atoms with van der Waals surface area (Å²) in [5.74, 6) is 0.340. The van der Waals surface area contributed by atoms with E-state index in [9.17, 15) is 8.42 Å². The van der Waals surface area contributed by atoms with Gasteiger partial charge < -0.3 is 10.7 Å². The maximum absolute atomic E-state index is 11.6. The molecule has 0 aliphatic rings. The highest BCUT2D eigenvalue weighted by Gasteiger charge is 2.15. The number of hydrogen-bond donors (Lipinski definition) is 4. The lowest BCUT2D eigenvalue weighted by atomic mass is 10.3. The van der Waals surface area contributed by atoms with E-state index >= 15 is 0 Å². The van der Waals surface area contributed by atoms with Crippen molar-refractivity contribution in [1.82, 2.24) is 24.9 Å². The highest BCUT2D eigenvalue weighted by Crippen LogP contribution is 2.08. The van der Waals surface area contributed by atoms with Gasteiger partial charge in [-0.3, -0.25) is 5.10 Å². The molecule has 5 N–H and O–H groups in total. The van der Waals surface area contributed by atoms with Crippen molar-refractivity contribution in [3.8, 4) is 0 Å². The van der Waals surface area contributed by atoms with E-state index in [0.717, 1.165) is 0 Å². The van der Waals surface area contributed by atoms with Gasteiger partial charge in [0.05, 0.1) is 18.7 Å². The number of sulfonamides is 1. The van der Waals surface area contributed by atoms with Crippen LogP contribution >= 0.6 is 0 Å². The van der Waals surface area contributed by atoms with Crippen LogP contribution in [0.25, 0.3) is 0 Å². The number of aromatic amines is 2. The van der Waals surface area contributed by atoms with Crippen molar-refractivity contribution in [2.45, 2.75) is 11.6 Å². The summed E-state index contributed by atoms with van der Waals surface area (Å²) in [5, 5.41) is 6.20. The summed E-state index contributed by atoms with van der Waals surface area (Å²) in [6, 6.07) is 0. The quantitative estimate of drug-likeness (QED) is 0.557. The fraction of sp³-hybridized carbons (Fsp3) is 0.143. The second kappa shape index (κ2) is 3.94. The van der Waals surface area contributed by atoms with Crippen molar-refractivity contribution in [3.63, 3.8) is 0 Å². The normalized spacial score (nSPS) is 11.8. The van der Waals surface area contributed by atoms with Crippen LogP contribution in [-0.2, 0) is 16.6 Å². The minimum Gasteiger partial charge on any atom is -0.384 e. The topological polar surface area (TPSA) is 130 Å². The van der Waals surface area contributed by atoms with Crippen molar-refractivity contribution in [3.05, 3.63) is 24.3 Å². The maximum Gasteiger partial charge on any atom is 0.257 e. The number of anilines is 1. The standard InChI is InChI=1S/C7H10N6O2S/c8-7-5(1-11-13-7)2-12-16(14,15)6-3-9-4-10-6/h1,3-4,12H,2H2,(H,9,10)(H3,8,11,13). The van der Waals surface area contributed by atoms with Gasteiger partial charge in [-0.05, 0) is 0 Å². The molecule has 0 radical (unpaired) electrons. The van der Waals surface area contributed by atoms with E-state index in [1.807, 2.05) is 0 Å². The summed E-state index contributed by atoms with van der Waals surface area (Å²) < 4.78 is 25.7. The fourth-order valence-corrected chi connectivity index (χ4v) is 2.01. The van der Waals surface area contributed by atoms with E-state index in [0.29, 0.717) is 11.4 Å². The molecule has 0 aliphatic heterocycles. The van der Waals surface area contributed by atoms with Crippen molar-refractivity contribution in [1.29, 1.82) is 0 Å². The molecule has 0 fully saturated rings. The Bertz CT molecular complexity index is 557. The molecule has 0 aliphatic carbocycles. The Labute approximate surface area is 91.3 Å². The van der Waals surface area contributed by atoms with Gasteiger partial charge in [-0.1, -0.05) is 0 Å². The number of rotatable bonds is 4. The van der Waals surface area contributed by atoms with Crippen LogP contribution in [0.4, 0.5) is 5.82 Å². The Kier molecular flexibility index (Phi) is 2.62. The third-order valence-electron chi connectivity index (χ3n) is 1.97. The lowest BCUT2D eigenvalue weighted by Crippen LogP contribution is -2.23. The molecule has 0 spiro atoms. The lowest BCUT2D eigenvalue weighted by Gasteiger charge is -2.03. The summed E-state index contributed by atoms with van der Waals surface area (Å²) in [6.07, 6.45) is 3.98. The number of H-pyrrole nitrogens is 2. The minimum atomic E-state index is -3.58. The predicted molar refractivity (Wildman–Crippen MR) is 55.6 cm³/mol. The van der Waals surface area contributed by atoms with Crippen molar-refractivity contribution in [2.75, 3.05) is 5.73 Å². The van der Waals surface area contributed by atoms with Gasteiger partial charge in [0, 0.05) is 12.1 Å². The summed E-state index contributed by atoms with van der Waals surface area (Å²) >= 11 is 0. The second-order valence-corrected chi connectivity index (χ2v) is 4.78. The van der Waals surface area contributed by atoms with E-state index in [1.54, 1.807) is 0 Å². The zero-order valence-corrected chi connectivity index (χ0v) is 8.95. The first kappa shape index (κ1) is 10.6. The average Bonchev–Trinajstić information content (AvgIpc) is 2.85. The van der Waals surface area contributed by atoms with Crippen LogP contribution in [0.3, 0.4) is 0 Å². The maximum atomic E-state index is 11.6. The van der Waals surface area contributed by atoms with Gasteiger partial charge >= 0.3 is 0 Å². The zero-order valence-electron chi connectivity index (χ0n) is 8.14. The van der Waals surface area contributed by atoms with Crippen molar-refractivity contribution >= 4 is 15.8 Å². The smallest absolute Gasteiger partial charge is 0.257 e. The van der Waals surface area contributed by atoms with E-state index in [4.69, 9.17) is 5.73 Å². The van der Waals surface area contributed by atoms with Crippen LogP contribution in [-0.4, -0.2) is 28.6 Å². The van der Waals surface area contributed by atoms with Crippen LogP contribution in [0, 0.1) is 0 Å². The summed E-state index contributed by atoms with van der Waals surface area (Å²) in [4.78, 5) is 6.14. The molecule has 16 heavy (non-hydrogen) atoms. The number of nitrogens with one attached hydrogen (secondary N) is 3. The molecule has 0 saturated carbocycles. The Hall–Kier alpha value is -1.87. The van der Waals surface area contributed by atoms with Crippen LogP contribution < -0.4 is 10.5 Å². The molecule has 2 aromatic rings. The predicted octanol–water partition coefficient (Wildman–Crippen LogP) is -0.807. The Morgan fingerprint density at radius 1 is 1.44 bits per heavy atom. The highest BCUT2D eigenvalue weighted by atomic mass is 32.2. The molecule has 0 bridgehead atoms. The molecule has 2 rings (SSSR count). The number of aromatic nitrogens is 4. The van der Waals surface area contributed by atoms with Crippen LogP contribution in [0.5, 0.6) is 0 Å². The van der Waals surface area contributed by atoms with Gasteiger partial charge in [-0.15, -0.1) is 0 Å². The molecular weight excluding hydrogens is 232 g/mol. The number of nitrogens with two attached hydrogens (primary N) is 1. The fourth-order valence-electron chi connectivity index (χ4n) is 1.10. The van der Waals surface area contributed by atoms with Gasteiger partial charge in [0.25, 0.3) is 10.0 Å². The molecule has 0 unspecified atom stereocenters. The number of imidazole rings is 1. The third kappa shape index (κ3) is 2.04. The number of hydrogen-bond acceptors (Lipinski definition) is 5. The molecule has 8 nitrogen and oxygen atoms in total. The number of nitrogen functional groups attached to an aromatic ring is 1. The molecule has 86 valence electrons. The molecule has 9 heteroatoms. The average molecular weight is 242 g/mol. The molecule has 0 amide bonds. The minimum absolute atomic E-state index is 0.00886. The zero-order chi connectivity index (χ0) is 11.6. The third-order valence-corrected chi connectivity index (χ3v) is 3.29. The molecule has 2 heterocycles. The highest BCUT2D eigenvalue weighted by molar-refractivity contribution is 7.89. The second-order valence-electron chi connectivity index (χ2n) is 3.05. The van der Waals surface area contributed by atoms with Gasteiger partial charge in [-0.25, -0.2) is 18.1 Å². The van der Waals surface area contributed by atoms with Crippen molar-refractivity contribution < 1.29 is 8.42 Å². The molecule has 0 aromatic carbocycles. The summed E-state index contributed by atoms with van der Waals surface area (Å²) in [7, 11) is -3.58. The van der Waals surface area contributed by atoms with E-state index < -0.39 is 10.0 Å². The summed E-state index contributed by atoms with van der Waals surface area (Å²) in [6.45, 7) is 0.0731. The monoisotopic (exact) mass is 242 g/mol. The van der Waals surface area contributed by atoms with Gasteiger partial charge in [0.15, 0.2) is 5.03 Å². The first-order chi connectivity index (χ1) is 7.59. The molecular formula is C7H10N6O2S. The largest absolute Gasteiger partial charge is 0.384 e. The van der Waals surface area contributed by atoms with Gasteiger partial charge in [0.2, 0.25) is 0 Å². The molecule has 2 aromatic heterocycles. The SMILES string of the molecule is Nc1[nH]ncc1CNS(=O)(=O)c1cnc[nH]1. The molecule has 0 atom stereocenters. The van der Waals surface area contributed by atoms with Crippen LogP contribution in [0.1, 0.15) is 5.56 Å².